The van der Waals surface area contributed by atoms with E-state index < -0.39 is 0 Å². The molecule has 24 heavy (non-hydrogen) atoms. The zero-order chi connectivity index (χ0) is 16.4. The van der Waals surface area contributed by atoms with Crippen LogP contribution in [0, 0.1) is 0 Å². The second-order valence-electron chi connectivity index (χ2n) is 6.34. The zero-order valence-electron chi connectivity index (χ0n) is 13.5. The zero-order valence-corrected chi connectivity index (χ0v) is 13.5. The van der Waals surface area contributed by atoms with Crippen LogP contribution in [0.5, 0.6) is 11.5 Å². The van der Waals surface area contributed by atoms with Crippen molar-refractivity contribution in [2.75, 3.05) is 13.2 Å². The Morgan fingerprint density at radius 3 is 2.62 bits per heavy atom. The van der Waals surface area contributed by atoms with Gasteiger partial charge in [0.05, 0.1) is 11.1 Å². The Balaban J connectivity index is 1.65. The Hall–Kier alpha value is -2.56. The van der Waals surface area contributed by atoms with E-state index in [2.05, 4.69) is 10.3 Å². The first-order valence-corrected chi connectivity index (χ1v) is 8.40. The van der Waals surface area contributed by atoms with Crippen molar-refractivity contribution in [3.05, 3.63) is 53.9 Å². The number of ether oxygens (including phenoxy) is 2. The van der Waals surface area contributed by atoms with Crippen LogP contribution in [0.1, 0.15) is 41.6 Å². The molecule has 1 amide bonds. The molecule has 1 fully saturated rings. The molecule has 124 valence electrons. The number of benzene rings is 1. The molecule has 0 spiro atoms. The Kier molecular flexibility index (Phi) is 3.84. The Morgan fingerprint density at radius 2 is 1.88 bits per heavy atom. The van der Waals surface area contributed by atoms with Gasteiger partial charge < -0.3 is 14.8 Å². The van der Waals surface area contributed by atoms with Crippen molar-refractivity contribution in [1.29, 1.82) is 0 Å². The van der Waals surface area contributed by atoms with Gasteiger partial charge in [0, 0.05) is 12.4 Å². The average molecular weight is 324 g/mol. The first-order valence-electron chi connectivity index (χ1n) is 8.40. The van der Waals surface area contributed by atoms with Gasteiger partial charge in [-0.05, 0) is 42.7 Å². The fourth-order valence-corrected chi connectivity index (χ4v) is 3.59. The lowest BCUT2D eigenvalue weighted by Gasteiger charge is -2.32. The van der Waals surface area contributed by atoms with Gasteiger partial charge in [-0.25, -0.2) is 0 Å². The van der Waals surface area contributed by atoms with Crippen LogP contribution in [0.25, 0.3) is 0 Å². The lowest BCUT2D eigenvalue weighted by molar-refractivity contribution is 0.0897. The molecule has 1 aliphatic heterocycles. The van der Waals surface area contributed by atoms with Crippen LogP contribution in [0.15, 0.2) is 42.7 Å². The third kappa shape index (κ3) is 2.70. The number of nitrogens with one attached hydrogen (secondary N) is 1. The molecule has 5 heteroatoms. The van der Waals surface area contributed by atoms with Crippen molar-refractivity contribution in [3.63, 3.8) is 0 Å². The summed E-state index contributed by atoms with van der Waals surface area (Å²) in [6.45, 7) is 1.14. The molecule has 2 heterocycles. The fourth-order valence-electron chi connectivity index (χ4n) is 3.59. The van der Waals surface area contributed by atoms with Gasteiger partial charge in [-0.3, -0.25) is 9.78 Å². The molecule has 1 saturated carbocycles. The van der Waals surface area contributed by atoms with Crippen molar-refractivity contribution >= 4 is 5.91 Å². The Labute approximate surface area is 141 Å². The quantitative estimate of drug-likeness (QED) is 0.943. The van der Waals surface area contributed by atoms with E-state index in [1.54, 1.807) is 24.5 Å². The van der Waals surface area contributed by atoms with Crippen molar-refractivity contribution in [2.24, 2.45) is 0 Å². The largest absolute Gasteiger partial charge is 0.486 e. The molecular formula is C19H20N2O3. The van der Waals surface area contributed by atoms with Gasteiger partial charge in [0.15, 0.2) is 11.5 Å². The minimum atomic E-state index is -0.344. The number of carbonyl (C=O) groups is 1. The van der Waals surface area contributed by atoms with Crippen LogP contribution >= 0.6 is 0 Å². The summed E-state index contributed by atoms with van der Waals surface area (Å²) in [4.78, 5) is 16.7. The van der Waals surface area contributed by atoms with E-state index in [-0.39, 0.29) is 11.4 Å². The number of hydrogen-bond acceptors (Lipinski definition) is 4. The van der Waals surface area contributed by atoms with E-state index in [0.29, 0.717) is 18.8 Å². The number of nitrogens with zero attached hydrogens (tertiary/aromatic N) is 1. The molecule has 2 aliphatic rings. The van der Waals surface area contributed by atoms with Gasteiger partial charge in [0.25, 0.3) is 5.91 Å². The van der Waals surface area contributed by atoms with Crippen LogP contribution in [-0.2, 0) is 5.54 Å². The molecule has 0 radical (unpaired) electrons. The monoisotopic (exact) mass is 324 g/mol. The van der Waals surface area contributed by atoms with Crippen LogP contribution in [-0.4, -0.2) is 24.1 Å². The molecule has 1 aliphatic carbocycles. The summed E-state index contributed by atoms with van der Waals surface area (Å²) in [5, 5.41) is 3.26. The van der Waals surface area contributed by atoms with E-state index in [1.807, 2.05) is 18.2 Å². The minimum Gasteiger partial charge on any atom is -0.486 e. The third-order valence-electron chi connectivity index (χ3n) is 4.83. The first-order chi connectivity index (χ1) is 11.8. The number of fused-ring (bicyclic) bond motifs is 1. The topological polar surface area (TPSA) is 60.5 Å². The molecule has 1 aromatic heterocycles. The molecule has 0 bridgehead atoms. The number of amides is 1. The lowest BCUT2D eigenvalue weighted by atomic mass is 9.87. The molecule has 2 aromatic rings. The molecule has 0 unspecified atom stereocenters. The van der Waals surface area contributed by atoms with Crippen molar-refractivity contribution < 1.29 is 14.3 Å². The van der Waals surface area contributed by atoms with Crippen LogP contribution in [0.4, 0.5) is 0 Å². The summed E-state index contributed by atoms with van der Waals surface area (Å²) in [6, 6.07) is 9.57. The van der Waals surface area contributed by atoms with E-state index >= 15 is 0 Å². The lowest BCUT2D eigenvalue weighted by Crippen LogP contribution is -2.43. The van der Waals surface area contributed by atoms with Gasteiger partial charge in [0.1, 0.15) is 13.2 Å². The highest BCUT2D eigenvalue weighted by Gasteiger charge is 2.38. The molecule has 4 rings (SSSR count). The van der Waals surface area contributed by atoms with E-state index in [0.717, 1.165) is 42.7 Å². The van der Waals surface area contributed by atoms with Gasteiger partial charge >= 0.3 is 0 Å². The second-order valence-corrected chi connectivity index (χ2v) is 6.34. The number of hydrogen-bond donors (Lipinski definition) is 1. The number of carbonyl (C=O) groups excluding carboxylic acids is 1. The normalized spacial score (nSPS) is 18.2. The molecule has 1 N–H and O–H groups in total. The predicted octanol–water partition coefficient (Wildman–Crippen LogP) is 3.05. The standard InChI is InChI=1S/C19H20N2O3/c22-18(14-4-3-9-20-13-14)21-19(7-1-2-8-19)15-5-6-16-17(12-15)24-11-10-23-16/h3-6,9,12-13H,1-2,7-8,10-11H2,(H,21,22). The summed E-state index contributed by atoms with van der Waals surface area (Å²) in [5.74, 6) is 1.46. The average Bonchev–Trinajstić information content (AvgIpc) is 3.11. The van der Waals surface area contributed by atoms with Gasteiger partial charge in [0.2, 0.25) is 0 Å². The summed E-state index contributed by atoms with van der Waals surface area (Å²) in [6.07, 6.45) is 7.32. The third-order valence-corrected chi connectivity index (χ3v) is 4.83. The Bertz CT molecular complexity index is 740. The van der Waals surface area contributed by atoms with Crippen LogP contribution in [0.2, 0.25) is 0 Å². The maximum absolute atomic E-state index is 12.7. The highest BCUT2D eigenvalue weighted by molar-refractivity contribution is 5.94. The number of rotatable bonds is 3. The highest BCUT2D eigenvalue weighted by Crippen LogP contribution is 2.42. The molecule has 1 aromatic carbocycles. The van der Waals surface area contributed by atoms with Gasteiger partial charge in [-0.1, -0.05) is 18.9 Å². The Morgan fingerprint density at radius 1 is 1.08 bits per heavy atom. The van der Waals surface area contributed by atoms with E-state index in [9.17, 15) is 4.79 Å². The maximum Gasteiger partial charge on any atom is 0.253 e. The smallest absolute Gasteiger partial charge is 0.253 e. The summed E-state index contributed by atoms with van der Waals surface area (Å²) in [5.41, 5.74) is 1.32. The molecule has 0 atom stereocenters. The van der Waals surface area contributed by atoms with Crippen molar-refractivity contribution in [1.82, 2.24) is 10.3 Å². The number of pyridine rings is 1. The summed E-state index contributed by atoms with van der Waals surface area (Å²) >= 11 is 0. The van der Waals surface area contributed by atoms with Gasteiger partial charge in [-0.15, -0.1) is 0 Å². The highest BCUT2D eigenvalue weighted by atomic mass is 16.6. The summed E-state index contributed by atoms with van der Waals surface area (Å²) in [7, 11) is 0. The predicted molar refractivity (Wildman–Crippen MR) is 89.3 cm³/mol. The minimum absolute atomic E-state index is 0.0834. The first kappa shape index (κ1) is 15.0. The molecule has 0 saturated heterocycles. The molecule has 5 nitrogen and oxygen atoms in total. The van der Waals surface area contributed by atoms with Crippen molar-refractivity contribution in [3.8, 4) is 11.5 Å². The van der Waals surface area contributed by atoms with Crippen LogP contribution < -0.4 is 14.8 Å². The van der Waals surface area contributed by atoms with Crippen molar-refractivity contribution in [2.45, 2.75) is 31.2 Å². The SMILES string of the molecule is O=C(NC1(c2ccc3c(c2)OCCO3)CCCC1)c1cccnc1. The second kappa shape index (κ2) is 6.15. The van der Waals surface area contributed by atoms with Gasteiger partial charge in [-0.2, -0.15) is 0 Å². The van der Waals surface area contributed by atoms with Crippen LogP contribution in [0.3, 0.4) is 0 Å². The summed E-state index contributed by atoms with van der Waals surface area (Å²) < 4.78 is 11.3. The van der Waals surface area contributed by atoms with E-state index in [4.69, 9.17) is 9.47 Å². The maximum atomic E-state index is 12.7. The molecular weight excluding hydrogens is 304 g/mol. The van der Waals surface area contributed by atoms with E-state index in [1.165, 1.54) is 0 Å². The fraction of sp³-hybridized carbons (Fsp3) is 0.368. The number of aromatic nitrogens is 1.